The molecule has 11 heteroatoms. The minimum Gasteiger partial charge on any atom is -0.325 e. The van der Waals surface area contributed by atoms with Crippen LogP contribution in [0, 0.1) is 11.3 Å². The Morgan fingerprint density at radius 3 is 2.65 bits per heavy atom. The number of benzene rings is 2. The summed E-state index contributed by atoms with van der Waals surface area (Å²) >= 11 is 0.987. The number of nitrogens with zero attached hydrogens (tertiary/aromatic N) is 5. The molecule has 1 atom stereocenters. The zero-order chi connectivity index (χ0) is 22.0. The van der Waals surface area contributed by atoms with Crippen LogP contribution in [-0.4, -0.2) is 64.5 Å². The quantitative estimate of drug-likeness (QED) is 0.623. The zero-order valence-electron chi connectivity index (χ0n) is 16.7. The molecule has 0 bridgehead atoms. The second-order valence-electron chi connectivity index (χ2n) is 7.19. The van der Waals surface area contributed by atoms with Crippen LogP contribution >= 0.6 is 11.7 Å². The Labute approximate surface area is 184 Å². The molecule has 1 unspecified atom stereocenters. The van der Waals surface area contributed by atoms with E-state index in [9.17, 15) is 13.2 Å². The van der Waals surface area contributed by atoms with Crippen molar-refractivity contribution < 1.29 is 13.2 Å². The molecule has 1 N–H and O–H groups in total. The van der Waals surface area contributed by atoms with Crippen molar-refractivity contribution >= 4 is 44.4 Å². The summed E-state index contributed by atoms with van der Waals surface area (Å²) in [6, 6.07) is 13.3. The Hall–Kier alpha value is -2.91. The monoisotopic (exact) mass is 456 g/mol. The van der Waals surface area contributed by atoms with Gasteiger partial charge in [0.2, 0.25) is 15.9 Å². The molecule has 2 heterocycles. The summed E-state index contributed by atoms with van der Waals surface area (Å²) in [5.41, 5.74) is 1.98. The van der Waals surface area contributed by atoms with E-state index in [4.69, 9.17) is 5.26 Å². The number of amides is 1. The maximum Gasteiger partial charge on any atom is 0.245 e. The van der Waals surface area contributed by atoms with E-state index in [-0.39, 0.29) is 23.9 Å². The molecular formula is C20H20N6O3S2. The van der Waals surface area contributed by atoms with Gasteiger partial charge >= 0.3 is 0 Å². The molecule has 4 rings (SSSR count). The summed E-state index contributed by atoms with van der Waals surface area (Å²) in [6.45, 7) is 3.19. The van der Waals surface area contributed by atoms with Crippen LogP contribution in [0.4, 0.5) is 5.69 Å². The fourth-order valence-electron chi connectivity index (χ4n) is 3.54. The summed E-state index contributed by atoms with van der Waals surface area (Å²) < 4.78 is 36.0. The third kappa shape index (κ3) is 4.28. The SMILES string of the molecule is CC(C(=O)Nc1cccc(C#N)c1)N1CCN(S(=O)(=O)c2cccc3nsnc23)CC1. The smallest absolute Gasteiger partial charge is 0.245 e. The fourth-order valence-corrected chi connectivity index (χ4v) is 5.71. The molecule has 1 aliphatic rings. The van der Waals surface area contributed by atoms with Crippen LogP contribution in [0.15, 0.2) is 47.4 Å². The largest absolute Gasteiger partial charge is 0.325 e. The highest BCUT2D eigenvalue weighted by molar-refractivity contribution is 7.89. The molecule has 1 saturated heterocycles. The maximum atomic E-state index is 13.1. The van der Waals surface area contributed by atoms with Crippen LogP contribution in [0.3, 0.4) is 0 Å². The Kier molecular flexibility index (Phi) is 5.97. The molecule has 0 spiro atoms. The van der Waals surface area contributed by atoms with E-state index >= 15 is 0 Å². The number of fused-ring (bicyclic) bond motifs is 1. The molecule has 0 saturated carbocycles. The molecule has 1 aliphatic heterocycles. The normalized spacial score (nSPS) is 16.6. The Bertz CT molecular complexity index is 1260. The van der Waals surface area contributed by atoms with Crippen LogP contribution in [-0.2, 0) is 14.8 Å². The van der Waals surface area contributed by atoms with E-state index in [1.54, 1.807) is 49.4 Å². The number of aromatic nitrogens is 2. The number of piperazine rings is 1. The van der Waals surface area contributed by atoms with Crippen molar-refractivity contribution in [2.24, 2.45) is 0 Å². The van der Waals surface area contributed by atoms with Crippen LogP contribution in [0.5, 0.6) is 0 Å². The number of anilines is 1. The summed E-state index contributed by atoms with van der Waals surface area (Å²) in [5.74, 6) is -0.204. The average molecular weight is 457 g/mol. The van der Waals surface area contributed by atoms with Gasteiger partial charge in [0.05, 0.1) is 29.4 Å². The van der Waals surface area contributed by atoms with Gasteiger partial charge in [-0.1, -0.05) is 12.1 Å². The second kappa shape index (κ2) is 8.68. The number of nitrogens with one attached hydrogen (secondary N) is 1. The fraction of sp³-hybridized carbons (Fsp3) is 0.300. The van der Waals surface area contributed by atoms with Crippen LogP contribution in [0.1, 0.15) is 12.5 Å². The first-order chi connectivity index (χ1) is 14.9. The van der Waals surface area contributed by atoms with E-state index in [1.165, 1.54) is 4.31 Å². The highest BCUT2D eigenvalue weighted by Gasteiger charge is 2.33. The van der Waals surface area contributed by atoms with E-state index in [1.807, 2.05) is 11.0 Å². The summed E-state index contributed by atoms with van der Waals surface area (Å²) in [7, 11) is -3.70. The van der Waals surface area contributed by atoms with Crippen molar-refractivity contribution in [1.29, 1.82) is 5.26 Å². The van der Waals surface area contributed by atoms with Crippen LogP contribution in [0.2, 0.25) is 0 Å². The van der Waals surface area contributed by atoms with E-state index in [0.717, 1.165) is 11.7 Å². The molecule has 9 nitrogen and oxygen atoms in total. The number of carbonyl (C=O) groups is 1. The number of hydrogen-bond donors (Lipinski definition) is 1. The lowest BCUT2D eigenvalue weighted by Crippen LogP contribution is -2.53. The number of nitriles is 1. The first-order valence-electron chi connectivity index (χ1n) is 9.66. The maximum absolute atomic E-state index is 13.1. The number of sulfonamides is 1. The van der Waals surface area contributed by atoms with Gasteiger partial charge in [0.15, 0.2) is 0 Å². The molecule has 0 aliphatic carbocycles. The van der Waals surface area contributed by atoms with E-state index < -0.39 is 16.1 Å². The van der Waals surface area contributed by atoms with Crippen molar-refractivity contribution in [3.63, 3.8) is 0 Å². The van der Waals surface area contributed by atoms with Gasteiger partial charge in [-0.3, -0.25) is 9.69 Å². The van der Waals surface area contributed by atoms with E-state index in [0.29, 0.717) is 35.4 Å². The van der Waals surface area contributed by atoms with Gasteiger partial charge in [-0.2, -0.15) is 18.3 Å². The molecular weight excluding hydrogens is 436 g/mol. The lowest BCUT2D eigenvalue weighted by atomic mass is 10.2. The Morgan fingerprint density at radius 2 is 1.90 bits per heavy atom. The Morgan fingerprint density at radius 1 is 1.16 bits per heavy atom. The topological polar surface area (TPSA) is 119 Å². The lowest BCUT2D eigenvalue weighted by molar-refractivity contribution is -0.121. The molecule has 2 aromatic carbocycles. The number of rotatable bonds is 5. The van der Waals surface area contributed by atoms with Crippen LogP contribution in [0.25, 0.3) is 11.0 Å². The number of carbonyl (C=O) groups excluding carboxylic acids is 1. The molecule has 3 aromatic rings. The van der Waals surface area contributed by atoms with Gasteiger partial charge in [0.1, 0.15) is 15.9 Å². The molecule has 1 amide bonds. The van der Waals surface area contributed by atoms with Gasteiger partial charge in [-0.05, 0) is 37.3 Å². The lowest BCUT2D eigenvalue weighted by Gasteiger charge is -2.36. The molecule has 31 heavy (non-hydrogen) atoms. The standard InChI is InChI=1S/C20H20N6O3S2/c1-14(20(27)22-16-5-2-4-15(12-16)13-21)25-8-10-26(11-9-25)31(28,29)18-7-3-6-17-19(18)24-30-23-17/h2-7,12,14H,8-11H2,1H3,(H,22,27). The number of hydrogen-bond acceptors (Lipinski definition) is 8. The van der Waals surface area contributed by atoms with Crippen molar-refractivity contribution in [3.8, 4) is 6.07 Å². The molecule has 1 fully saturated rings. The average Bonchev–Trinajstić information content (AvgIpc) is 3.27. The Balaban J connectivity index is 1.41. The summed E-state index contributed by atoms with van der Waals surface area (Å²) in [6.07, 6.45) is 0. The molecule has 160 valence electrons. The molecule has 1 aromatic heterocycles. The van der Waals surface area contributed by atoms with Crippen LogP contribution < -0.4 is 5.32 Å². The highest BCUT2D eigenvalue weighted by atomic mass is 32.2. The van der Waals surface area contributed by atoms with Gasteiger partial charge < -0.3 is 5.32 Å². The van der Waals surface area contributed by atoms with Gasteiger partial charge in [0, 0.05) is 31.9 Å². The minimum absolute atomic E-state index is 0.162. The zero-order valence-corrected chi connectivity index (χ0v) is 18.4. The minimum atomic E-state index is -3.70. The van der Waals surface area contributed by atoms with Crippen molar-refractivity contribution in [1.82, 2.24) is 18.0 Å². The van der Waals surface area contributed by atoms with E-state index in [2.05, 4.69) is 14.1 Å². The summed E-state index contributed by atoms with van der Waals surface area (Å²) in [4.78, 5) is 14.8. The molecule has 0 radical (unpaired) electrons. The predicted octanol–water partition coefficient (Wildman–Crippen LogP) is 1.90. The third-order valence-corrected chi connectivity index (χ3v) is 7.80. The highest BCUT2D eigenvalue weighted by Crippen LogP contribution is 2.25. The predicted molar refractivity (Wildman–Crippen MR) is 117 cm³/mol. The first-order valence-corrected chi connectivity index (χ1v) is 11.8. The first kappa shape index (κ1) is 21.3. The van der Waals surface area contributed by atoms with Gasteiger partial charge in [0.25, 0.3) is 0 Å². The van der Waals surface area contributed by atoms with Crippen molar-refractivity contribution in [2.45, 2.75) is 17.9 Å². The summed E-state index contributed by atoms with van der Waals surface area (Å²) in [5, 5.41) is 11.8. The second-order valence-corrected chi connectivity index (χ2v) is 9.62. The van der Waals surface area contributed by atoms with Crippen molar-refractivity contribution in [3.05, 3.63) is 48.0 Å². The van der Waals surface area contributed by atoms with Gasteiger partial charge in [-0.15, -0.1) is 0 Å². The van der Waals surface area contributed by atoms with Gasteiger partial charge in [-0.25, -0.2) is 8.42 Å². The third-order valence-electron chi connectivity index (χ3n) is 5.33. The van der Waals surface area contributed by atoms with Crippen molar-refractivity contribution in [2.75, 3.05) is 31.5 Å².